The number of alkyl halides is 1. The minimum absolute atomic E-state index is 0.206. The molecule has 0 spiro atoms. The Bertz CT molecular complexity index is 1590. The molecular weight excluding hydrogens is 771 g/mol. The zero-order chi connectivity index (χ0) is 38.1. The van der Waals surface area contributed by atoms with E-state index in [1.165, 1.54) is 0 Å². The quantitative estimate of drug-likeness (QED) is 0.0934. The zero-order valence-corrected chi connectivity index (χ0v) is 33.4. The Morgan fingerprint density at radius 1 is 0.700 bits per heavy atom. The van der Waals surface area contributed by atoms with Crippen molar-refractivity contribution >= 4 is 75.2 Å². The van der Waals surface area contributed by atoms with Crippen molar-refractivity contribution in [1.82, 2.24) is 0 Å². The molecule has 3 aromatic carbocycles. The van der Waals surface area contributed by atoms with Crippen LogP contribution in [0.5, 0.6) is 0 Å². The largest absolute Gasteiger partial charge is 0.495 e. The Morgan fingerprint density at radius 2 is 1.14 bits per heavy atom. The van der Waals surface area contributed by atoms with Crippen LogP contribution in [0.1, 0.15) is 94.9 Å². The van der Waals surface area contributed by atoms with Crippen molar-refractivity contribution in [1.29, 1.82) is 0 Å². The van der Waals surface area contributed by atoms with Crippen LogP contribution in [-0.2, 0) is 34.8 Å². The maximum absolute atomic E-state index is 11.3. The highest BCUT2D eigenvalue weighted by Gasteiger charge is 2.52. The first kappa shape index (κ1) is 44.6. The maximum Gasteiger partial charge on any atom is 0.495 e. The van der Waals surface area contributed by atoms with Gasteiger partial charge in [0.1, 0.15) is 24.2 Å². The van der Waals surface area contributed by atoms with Gasteiger partial charge in [0, 0.05) is 21.2 Å². The third-order valence-corrected chi connectivity index (χ3v) is 9.15. The fraction of sp³-hybridized carbons (Fsp3) is 0.395. The standard InChI is InChI=1S/C14H19BO3.C12H14O3.C8H7BrO.C4H7BrO2/c1-10-6-7-11(9-16)8-12(10)15-17-13(2,3)14(4,5)18-15;1-3-15-12(14)7-11-6-10(8-13)5-4-9(11)2;1-6-2-3-7(5-10)4-8(6)9;1-2-7-4(6)3-5/h6-9H,1-5H3;4-6,8H,3,7H2,1-2H3;2-5H,1H3;2-3H2,1H3. The molecule has 1 aliphatic rings. The van der Waals surface area contributed by atoms with Gasteiger partial charge in [0.2, 0.25) is 0 Å². The first-order valence-corrected chi connectivity index (χ1v) is 17.9. The van der Waals surface area contributed by atoms with Crippen molar-refractivity contribution in [2.24, 2.45) is 0 Å². The van der Waals surface area contributed by atoms with E-state index in [1.54, 1.807) is 38.1 Å². The smallest absolute Gasteiger partial charge is 0.466 e. The van der Waals surface area contributed by atoms with Gasteiger partial charge in [-0.15, -0.1) is 0 Å². The van der Waals surface area contributed by atoms with Crippen molar-refractivity contribution in [2.75, 3.05) is 18.5 Å². The second kappa shape index (κ2) is 21.7. The summed E-state index contributed by atoms with van der Waals surface area (Å²) < 4.78 is 22.3. The van der Waals surface area contributed by atoms with Gasteiger partial charge in [-0.05, 0) is 96.6 Å². The normalized spacial score (nSPS) is 13.5. The van der Waals surface area contributed by atoms with Crippen molar-refractivity contribution in [3.63, 3.8) is 0 Å². The van der Waals surface area contributed by atoms with E-state index >= 15 is 0 Å². The highest BCUT2D eigenvalue weighted by molar-refractivity contribution is 9.10. The molecule has 1 aliphatic heterocycles. The van der Waals surface area contributed by atoms with Gasteiger partial charge in [0.05, 0.1) is 30.8 Å². The summed E-state index contributed by atoms with van der Waals surface area (Å²) in [6.07, 6.45) is 2.67. The molecule has 1 saturated heterocycles. The Hall–Kier alpha value is -3.45. The predicted octanol–water partition coefficient (Wildman–Crippen LogP) is 7.53. The van der Waals surface area contributed by atoms with E-state index in [9.17, 15) is 24.0 Å². The van der Waals surface area contributed by atoms with E-state index in [-0.39, 0.29) is 29.6 Å². The second-order valence-corrected chi connectivity index (χ2v) is 13.6. The molecule has 0 radical (unpaired) electrons. The summed E-state index contributed by atoms with van der Waals surface area (Å²) in [6, 6.07) is 16.4. The Labute approximate surface area is 313 Å². The first-order valence-electron chi connectivity index (χ1n) is 16.0. The summed E-state index contributed by atoms with van der Waals surface area (Å²) in [5, 5.41) is 0.292. The molecule has 0 N–H and O–H groups in total. The number of rotatable bonds is 9. The highest BCUT2D eigenvalue weighted by atomic mass is 79.9. The fourth-order valence-electron chi connectivity index (χ4n) is 4.16. The maximum atomic E-state index is 11.3. The van der Waals surface area contributed by atoms with Crippen molar-refractivity contribution in [2.45, 2.75) is 79.9 Å². The Balaban J connectivity index is 0.000000353. The van der Waals surface area contributed by atoms with Gasteiger partial charge in [-0.2, -0.15) is 0 Å². The molecule has 0 bridgehead atoms. The molecule has 1 heterocycles. The van der Waals surface area contributed by atoms with Crippen LogP contribution in [0.15, 0.2) is 59.1 Å². The Morgan fingerprint density at radius 3 is 1.58 bits per heavy atom. The van der Waals surface area contributed by atoms with Crippen LogP contribution in [0, 0.1) is 20.8 Å². The van der Waals surface area contributed by atoms with E-state index in [1.807, 2.05) is 78.8 Å². The minimum Gasteiger partial charge on any atom is -0.466 e. The summed E-state index contributed by atoms with van der Waals surface area (Å²) in [6.45, 7) is 18.4. The molecule has 50 heavy (non-hydrogen) atoms. The van der Waals surface area contributed by atoms with Gasteiger partial charge in [0.25, 0.3) is 0 Å². The number of aryl methyl sites for hydroxylation is 3. The summed E-state index contributed by atoms with van der Waals surface area (Å²) in [5.74, 6) is -0.467. The number of hydrogen-bond acceptors (Lipinski definition) is 9. The van der Waals surface area contributed by atoms with Crippen LogP contribution in [-0.4, -0.2) is 67.7 Å². The van der Waals surface area contributed by atoms with E-state index in [4.69, 9.17) is 14.0 Å². The van der Waals surface area contributed by atoms with Crippen LogP contribution in [0.3, 0.4) is 0 Å². The average Bonchev–Trinajstić information content (AvgIpc) is 3.30. The second-order valence-electron chi connectivity index (χ2n) is 12.2. The van der Waals surface area contributed by atoms with Gasteiger partial charge in [-0.25, -0.2) is 0 Å². The average molecular weight is 818 g/mol. The molecular formula is C38H47BBr2O9. The van der Waals surface area contributed by atoms with Crippen LogP contribution in [0.4, 0.5) is 0 Å². The number of halogens is 2. The molecule has 4 rings (SSSR count). The van der Waals surface area contributed by atoms with Crippen LogP contribution in [0.2, 0.25) is 0 Å². The van der Waals surface area contributed by atoms with Crippen LogP contribution < -0.4 is 5.46 Å². The topological polar surface area (TPSA) is 122 Å². The Kier molecular flexibility index (Phi) is 19.3. The van der Waals surface area contributed by atoms with E-state index < -0.39 is 7.12 Å². The number of aldehydes is 3. The molecule has 0 atom stereocenters. The molecule has 9 nitrogen and oxygen atoms in total. The third kappa shape index (κ3) is 14.4. The minimum atomic E-state index is -0.408. The summed E-state index contributed by atoms with van der Waals surface area (Å²) in [5.41, 5.74) is 6.19. The molecule has 0 aliphatic carbocycles. The molecule has 270 valence electrons. The lowest BCUT2D eigenvalue weighted by molar-refractivity contribution is -0.142. The lowest BCUT2D eigenvalue weighted by Gasteiger charge is -2.32. The molecule has 0 amide bonds. The van der Waals surface area contributed by atoms with Gasteiger partial charge < -0.3 is 18.8 Å². The number of ether oxygens (including phenoxy) is 2. The number of benzene rings is 3. The van der Waals surface area contributed by atoms with Gasteiger partial charge in [-0.1, -0.05) is 79.9 Å². The van der Waals surface area contributed by atoms with Crippen molar-refractivity contribution < 1.29 is 42.8 Å². The van der Waals surface area contributed by atoms with E-state index in [0.717, 1.165) is 51.0 Å². The van der Waals surface area contributed by atoms with E-state index in [2.05, 4.69) is 36.6 Å². The number of hydrogen-bond donors (Lipinski definition) is 0. The molecule has 0 saturated carbocycles. The molecule has 12 heteroatoms. The van der Waals surface area contributed by atoms with Gasteiger partial charge in [0.15, 0.2) is 0 Å². The summed E-state index contributed by atoms with van der Waals surface area (Å²) >= 11 is 6.27. The van der Waals surface area contributed by atoms with Gasteiger partial charge in [-0.3, -0.25) is 24.0 Å². The van der Waals surface area contributed by atoms with Gasteiger partial charge >= 0.3 is 19.1 Å². The lowest BCUT2D eigenvalue weighted by atomic mass is 9.75. The summed E-state index contributed by atoms with van der Waals surface area (Å²) in [4.78, 5) is 53.1. The van der Waals surface area contributed by atoms with Crippen molar-refractivity contribution in [3.8, 4) is 0 Å². The van der Waals surface area contributed by atoms with Crippen LogP contribution in [0.25, 0.3) is 0 Å². The molecule has 0 aromatic heterocycles. The number of carbonyl (C=O) groups is 5. The fourth-order valence-corrected chi connectivity index (χ4v) is 4.72. The molecule has 3 aromatic rings. The monoisotopic (exact) mass is 816 g/mol. The predicted molar refractivity (Wildman–Crippen MR) is 204 cm³/mol. The SMILES string of the molecule is CCOC(=O)CBr.CCOC(=O)Cc1cc(C=O)ccc1C.Cc1ccc(C=O)cc1B1OC(C)(C)C(C)(C)O1.Cc1ccc(C=O)cc1Br. The van der Waals surface area contributed by atoms with Crippen molar-refractivity contribution in [3.05, 3.63) is 98.0 Å². The number of carbonyl (C=O) groups excluding carboxylic acids is 5. The first-order chi connectivity index (χ1) is 23.5. The third-order valence-electron chi connectivity index (χ3n) is 7.84. The molecule has 1 fully saturated rings. The van der Waals surface area contributed by atoms with E-state index in [0.29, 0.717) is 35.2 Å². The number of esters is 2. The molecule has 0 unspecified atom stereocenters. The zero-order valence-electron chi connectivity index (χ0n) is 30.3. The lowest BCUT2D eigenvalue weighted by Crippen LogP contribution is -2.41. The summed E-state index contributed by atoms with van der Waals surface area (Å²) in [7, 11) is -0.408. The highest BCUT2D eigenvalue weighted by Crippen LogP contribution is 2.36. The van der Waals surface area contributed by atoms with Crippen LogP contribution >= 0.6 is 31.9 Å².